The maximum Gasteiger partial charge on any atom is 0.229 e. The Morgan fingerprint density at radius 2 is 1.91 bits per heavy atom. The van der Waals surface area contributed by atoms with E-state index in [2.05, 4.69) is 15.4 Å². The van der Waals surface area contributed by atoms with E-state index < -0.39 is 10.0 Å². The minimum Gasteiger partial charge on any atom is -0.326 e. The van der Waals surface area contributed by atoms with Crippen LogP contribution in [-0.4, -0.2) is 33.2 Å². The number of anilines is 2. The smallest absolute Gasteiger partial charge is 0.229 e. The molecule has 6 nitrogen and oxygen atoms in total. The predicted octanol–water partition coefficient (Wildman–Crippen LogP) is 1.95. The van der Waals surface area contributed by atoms with Crippen LogP contribution < -0.4 is 15.4 Å². The second-order valence-corrected chi connectivity index (χ2v) is 7.08. The van der Waals surface area contributed by atoms with Crippen molar-refractivity contribution in [1.29, 1.82) is 0 Å². The van der Waals surface area contributed by atoms with Gasteiger partial charge in [0.15, 0.2) is 0 Å². The number of halogens is 1. The quantitative estimate of drug-likeness (QED) is 0.734. The number of hydrogen-bond acceptors (Lipinski definition) is 4. The molecule has 8 heteroatoms. The molecule has 0 aliphatic carbocycles. The van der Waals surface area contributed by atoms with Gasteiger partial charge in [-0.05, 0) is 50.1 Å². The van der Waals surface area contributed by atoms with Gasteiger partial charge in [0.1, 0.15) is 0 Å². The molecule has 0 saturated carbocycles. The summed E-state index contributed by atoms with van der Waals surface area (Å²) in [5, 5.41) is 6.17. The molecule has 0 aromatic heterocycles. The number of rotatable bonds is 6. The summed E-state index contributed by atoms with van der Waals surface area (Å²) < 4.78 is 24.6. The zero-order valence-corrected chi connectivity index (χ0v) is 14.1. The SMILES string of the molecule is CS(=O)(=O)Nc1ccc(NC(=O)CCC2CCCN2)cc1.Cl. The molecule has 1 fully saturated rings. The molecule has 1 atom stereocenters. The van der Waals surface area contributed by atoms with Gasteiger partial charge >= 0.3 is 0 Å². The van der Waals surface area contributed by atoms with E-state index in [4.69, 9.17) is 0 Å². The highest BCUT2D eigenvalue weighted by atomic mass is 35.5. The van der Waals surface area contributed by atoms with Crippen molar-refractivity contribution in [1.82, 2.24) is 5.32 Å². The number of amides is 1. The lowest BCUT2D eigenvalue weighted by Gasteiger charge is -2.10. The van der Waals surface area contributed by atoms with Crippen molar-refractivity contribution in [2.24, 2.45) is 0 Å². The Hall–Kier alpha value is -1.31. The van der Waals surface area contributed by atoms with Crippen LogP contribution in [0.1, 0.15) is 25.7 Å². The van der Waals surface area contributed by atoms with Gasteiger partial charge < -0.3 is 10.6 Å². The Kier molecular flexibility index (Phi) is 7.12. The van der Waals surface area contributed by atoms with Crippen LogP contribution in [0, 0.1) is 0 Å². The van der Waals surface area contributed by atoms with Gasteiger partial charge in [-0.3, -0.25) is 9.52 Å². The molecule has 1 unspecified atom stereocenters. The molecule has 1 saturated heterocycles. The minimum absolute atomic E-state index is 0. The fraction of sp³-hybridized carbons (Fsp3) is 0.500. The van der Waals surface area contributed by atoms with Crippen LogP contribution >= 0.6 is 12.4 Å². The lowest BCUT2D eigenvalue weighted by molar-refractivity contribution is -0.116. The topological polar surface area (TPSA) is 87.3 Å². The Bertz CT molecular complexity index is 584. The molecular formula is C14H22ClN3O3S. The third-order valence-corrected chi connectivity index (χ3v) is 3.96. The van der Waals surface area contributed by atoms with Crippen molar-refractivity contribution in [3.8, 4) is 0 Å². The molecule has 2 rings (SSSR count). The van der Waals surface area contributed by atoms with E-state index in [1.54, 1.807) is 24.3 Å². The van der Waals surface area contributed by atoms with Gasteiger partial charge in [-0.2, -0.15) is 0 Å². The van der Waals surface area contributed by atoms with Gasteiger partial charge in [0, 0.05) is 23.8 Å². The molecule has 1 aliphatic heterocycles. The molecule has 0 spiro atoms. The lowest BCUT2D eigenvalue weighted by atomic mass is 10.1. The first-order valence-corrected chi connectivity index (χ1v) is 8.92. The molecule has 0 bridgehead atoms. The van der Waals surface area contributed by atoms with E-state index in [0.29, 0.717) is 23.8 Å². The maximum absolute atomic E-state index is 11.8. The Balaban J connectivity index is 0.00000242. The summed E-state index contributed by atoms with van der Waals surface area (Å²) in [6.07, 6.45) is 4.75. The third kappa shape index (κ3) is 6.64. The third-order valence-electron chi connectivity index (χ3n) is 3.35. The number of hydrogen-bond donors (Lipinski definition) is 3. The van der Waals surface area contributed by atoms with E-state index >= 15 is 0 Å². The molecule has 0 radical (unpaired) electrons. The first-order valence-electron chi connectivity index (χ1n) is 7.03. The molecule has 1 aromatic carbocycles. The zero-order valence-electron chi connectivity index (χ0n) is 12.5. The summed E-state index contributed by atoms with van der Waals surface area (Å²) >= 11 is 0. The zero-order chi connectivity index (χ0) is 15.3. The normalized spacial score (nSPS) is 17.6. The second-order valence-electron chi connectivity index (χ2n) is 5.33. The van der Waals surface area contributed by atoms with Gasteiger partial charge in [-0.25, -0.2) is 8.42 Å². The van der Waals surface area contributed by atoms with E-state index in [-0.39, 0.29) is 18.3 Å². The molecule has 3 N–H and O–H groups in total. The summed E-state index contributed by atoms with van der Waals surface area (Å²) in [4.78, 5) is 11.8. The average Bonchev–Trinajstić information content (AvgIpc) is 2.90. The number of benzene rings is 1. The number of carbonyl (C=O) groups excluding carboxylic acids is 1. The second kappa shape index (κ2) is 8.36. The predicted molar refractivity (Wildman–Crippen MR) is 91.0 cm³/mol. The van der Waals surface area contributed by atoms with E-state index in [1.165, 1.54) is 6.42 Å². The Labute approximate surface area is 137 Å². The monoisotopic (exact) mass is 347 g/mol. The highest BCUT2D eigenvalue weighted by Gasteiger charge is 2.15. The van der Waals surface area contributed by atoms with Crippen LogP contribution in [0.15, 0.2) is 24.3 Å². The van der Waals surface area contributed by atoms with E-state index in [1.807, 2.05) is 0 Å². The summed E-state index contributed by atoms with van der Waals surface area (Å²) in [6.45, 7) is 1.04. The van der Waals surface area contributed by atoms with Gasteiger partial charge in [0.05, 0.1) is 6.26 Å². The summed E-state index contributed by atoms with van der Waals surface area (Å²) in [7, 11) is -3.28. The van der Waals surface area contributed by atoms with Gasteiger partial charge in [-0.1, -0.05) is 0 Å². The molecule has 1 heterocycles. The number of carbonyl (C=O) groups is 1. The van der Waals surface area contributed by atoms with Crippen molar-refractivity contribution in [2.45, 2.75) is 31.7 Å². The first kappa shape index (κ1) is 18.7. The van der Waals surface area contributed by atoms with Crippen LogP contribution in [0.4, 0.5) is 11.4 Å². The number of sulfonamides is 1. The summed E-state index contributed by atoms with van der Waals surface area (Å²) in [5.41, 5.74) is 1.14. The highest BCUT2D eigenvalue weighted by Crippen LogP contribution is 2.16. The molecule has 1 aliphatic rings. The fourth-order valence-electron chi connectivity index (χ4n) is 2.37. The first-order chi connectivity index (χ1) is 9.92. The average molecular weight is 348 g/mol. The Morgan fingerprint density at radius 1 is 1.27 bits per heavy atom. The highest BCUT2D eigenvalue weighted by molar-refractivity contribution is 7.92. The van der Waals surface area contributed by atoms with Crippen LogP contribution in [0.25, 0.3) is 0 Å². The van der Waals surface area contributed by atoms with Gasteiger partial charge in [0.25, 0.3) is 0 Å². The fourth-order valence-corrected chi connectivity index (χ4v) is 2.93. The molecule has 124 valence electrons. The minimum atomic E-state index is -3.28. The molecule has 22 heavy (non-hydrogen) atoms. The van der Waals surface area contributed by atoms with Crippen molar-refractivity contribution in [3.63, 3.8) is 0 Å². The van der Waals surface area contributed by atoms with Crippen molar-refractivity contribution in [2.75, 3.05) is 22.8 Å². The van der Waals surface area contributed by atoms with Gasteiger partial charge in [-0.15, -0.1) is 12.4 Å². The standard InChI is InChI=1S/C14H21N3O3S.ClH/c1-21(19,20)17-13-6-4-12(5-7-13)16-14(18)9-8-11-3-2-10-15-11;/h4-7,11,15,17H,2-3,8-10H2,1H3,(H,16,18);1H. The summed E-state index contributed by atoms with van der Waals surface area (Å²) in [6, 6.07) is 7.06. The van der Waals surface area contributed by atoms with E-state index in [9.17, 15) is 13.2 Å². The van der Waals surface area contributed by atoms with Crippen LogP contribution in [0.3, 0.4) is 0 Å². The molecule has 1 aromatic rings. The van der Waals surface area contributed by atoms with E-state index in [0.717, 1.165) is 25.6 Å². The van der Waals surface area contributed by atoms with Crippen molar-refractivity contribution < 1.29 is 13.2 Å². The van der Waals surface area contributed by atoms with Crippen LogP contribution in [0.2, 0.25) is 0 Å². The Morgan fingerprint density at radius 3 is 2.45 bits per heavy atom. The lowest BCUT2D eigenvalue weighted by Crippen LogP contribution is -2.23. The van der Waals surface area contributed by atoms with Crippen molar-refractivity contribution in [3.05, 3.63) is 24.3 Å². The molecular weight excluding hydrogens is 326 g/mol. The molecule has 1 amide bonds. The maximum atomic E-state index is 11.8. The number of nitrogens with one attached hydrogen (secondary N) is 3. The summed E-state index contributed by atoms with van der Waals surface area (Å²) in [5.74, 6) is -0.0208. The van der Waals surface area contributed by atoms with Crippen molar-refractivity contribution >= 4 is 39.7 Å². The van der Waals surface area contributed by atoms with Gasteiger partial charge in [0.2, 0.25) is 15.9 Å². The largest absolute Gasteiger partial charge is 0.326 e. The van der Waals surface area contributed by atoms with Crippen LogP contribution in [0.5, 0.6) is 0 Å². The van der Waals surface area contributed by atoms with Crippen LogP contribution in [-0.2, 0) is 14.8 Å².